The van der Waals surface area contributed by atoms with E-state index in [1.165, 1.54) is 0 Å². The van der Waals surface area contributed by atoms with Gasteiger partial charge in [0, 0.05) is 12.8 Å². The molecule has 0 amide bonds. The molecule has 2 aromatic rings. The van der Waals surface area contributed by atoms with Crippen molar-refractivity contribution in [3.8, 4) is 22.9 Å². The second-order valence-electron chi connectivity index (χ2n) is 10.3. The van der Waals surface area contributed by atoms with Crippen molar-refractivity contribution in [1.82, 2.24) is 4.72 Å². The molecule has 0 unspecified atom stereocenters. The van der Waals surface area contributed by atoms with Crippen LogP contribution in [-0.4, -0.2) is 24.6 Å². The summed E-state index contributed by atoms with van der Waals surface area (Å²) in [6.45, 7) is 15.1. The summed E-state index contributed by atoms with van der Waals surface area (Å²) >= 11 is 0. The number of benzene rings is 2. The van der Waals surface area contributed by atoms with E-state index in [1.54, 1.807) is 12.1 Å². The van der Waals surface area contributed by atoms with Crippen LogP contribution in [0, 0.1) is 29.9 Å². The lowest BCUT2D eigenvalue weighted by atomic mass is 9.85. The van der Waals surface area contributed by atoms with Crippen LogP contribution < -0.4 is 4.72 Å². The highest BCUT2D eigenvalue weighted by molar-refractivity contribution is 7.89. The Morgan fingerprint density at radius 3 is 1.69 bits per heavy atom. The Kier molecular flexibility index (Phi) is 8.36. The minimum Gasteiger partial charge on any atom is -0.207 e. The zero-order valence-electron chi connectivity index (χ0n) is 20.3. The molecule has 32 heavy (non-hydrogen) atoms. The number of aryl methyl sites for hydroxylation is 1. The van der Waals surface area contributed by atoms with Gasteiger partial charge in [0.2, 0.25) is 10.0 Å². The van der Waals surface area contributed by atoms with Gasteiger partial charge in [-0.05, 0) is 24.6 Å². The minimum absolute atomic E-state index is 0.250. The number of hydrogen-bond donors (Lipinski definition) is 1. The van der Waals surface area contributed by atoms with E-state index in [0.29, 0.717) is 12.8 Å². The third kappa shape index (κ3) is 8.11. The minimum atomic E-state index is -3.78. The Hall–Kier alpha value is -2.10. The molecule has 0 radical (unpaired) electrons. The topological polar surface area (TPSA) is 46.2 Å². The van der Waals surface area contributed by atoms with Crippen LogP contribution in [0.25, 0.3) is 0 Å². The van der Waals surface area contributed by atoms with E-state index in [4.69, 9.17) is 0 Å². The predicted octanol–water partition coefficient (Wildman–Crippen LogP) is 5.71. The number of nitrogens with one attached hydrogen (secondary N) is 1. The van der Waals surface area contributed by atoms with Crippen molar-refractivity contribution in [2.45, 2.75) is 69.5 Å². The largest absolute Gasteiger partial charge is 0.241 e. The van der Waals surface area contributed by atoms with Gasteiger partial charge in [-0.25, -0.2) is 8.42 Å². The maximum atomic E-state index is 13.5. The highest BCUT2D eigenvalue weighted by Crippen LogP contribution is 2.31. The van der Waals surface area contributed by atoms with Crippen LogP contribution in [0.4, 0.5) is 0 Å². The van der Waals surface area contributed by atoms with Crippen molar-refractivity contribution >= 4 is 26.2 Å². The SMILES string of the molecule is Cc1ccc(S(=O)(=O)NC(CC#C[Si](C)(C)C)(CC#C[Si](C)(C)C)c2ccccc2)cc1. The highest BCUT2D eigenvalue weighted by Gasteiger charge is 2.36. The average molecular weight is 482 g/mol. The van der Waals surface area contributed by atoms with Crippen LogP contribution >= 0.6 is 0 Å². The van der Waals surface area contributed by atoms with E-state index in [1.807, 2.05) is 49.4 Å². The fourth-order valence-electron chi connectivity index (χ4n) is 3.11. The average Bonchev–Trinajstić information content (AvgIpc) is 2.66. The molecule has 2 aromatic carbocycles. The molecular weight excluding hydrogens is 447 g/mol. The van der Waals surface area contributed by atoms with Gasteiger partial charge in [0.1, 0.15) is 16.1 Å². The predicted molar refractivity (Wildman–Crippen MR) is 141 cm³/mol. The van der Waals surface area contributed by atoms with Gasteiger partial charge in [0.25, 0.3) is 0 Å². The molecule has 0 bridgehead atoms. The first-order valence-corrected chi connectivity index (χ1v) is 19.4. The van der Waals surface area contributed by atoms with E-state index in [-0.39, 0.29) is 4.90 Å². The zero-order valence-corrected chi connectivity index (χ0v) is 23.2. The van der Waals surface area contributed by atoms with Crippen LogP contribution in [0.15, 0.2) is 59.5 Å². The molecule has 0 aromatic heterocycles. The van der Waals surface area contributed by atoms with Gasteiger partial charge >= 0.3 is 0 Å². The zero-order chi connectivity index (χ0) is 24.0. The summed E-state index contributed by atoms with van der Waals surface area (Å²) in [5.74, 6) is 6.65. The second kappa shape index (κ2) is 10.2. The summed E-state index contributed by atoms with van der Waals surface area (Å²) in [6, 6.07) is 16.6. The van der Waals surface area contributed by atoms with E-state index in [0.717, 1.165) is 11.1 Å². The molecule has 2 rings (SSSR count). The third-order valence-electron chi connectivity index (χ3n) is 4.69. The third-order valence-corrected chi connectivity index (χ3v) is 8.10. The van der Waals surface area contributed by atoms with Crippen molar-refractivity contribution in [3.63, 3.8) is 0 Å². The number of hydrogen-bond acceptors (Lipinski definition) is 2. The molecule has 0 aliphatic heterocycles. The monoisotopic (exact) mass is 481 g/mol. The molecule has 3 nitrogen and oxygen atoms in total. The molecule has 0 aliphatic rings. The van der Waals surface area contributed by atoms with Gasteiger partial charge in [-0.3, -0.25) is 0 Å². The van der Waals surface area contributed by atoms with Crippen molar-refractivity contribution in [1.29, 1.82) is 0 Å². The summed E-state index contributed by atoms with van der Waals surface area (Å²) in [4.78, 5) is 0.250. The summed E-state index contributed by atoms with van der Waals surface area (Å²) in [7, 11) is -7.01. The van der Waals surface area contributed by atoms with Gasteiger partial charge in [-0.15, -0.1) is 22.9 Å². The van der Waals surface area contributed by atoms with Crippen molar-refractivity contribution < 1.29 is 8.42 Å². The summed E-state index contributed by atoms with van der Waals surface area (Å²) in [5, 5.41) is 0. The Morgan fingerprint density at radius 1 is 0.781 bits per heavy atom. The molecule has 0 aliphatic carbocycles. The number of sulfonamides is 1. The molecule has 0 heterocycles. The van der Waals surface area contributed by atoms with Gasteiger partial charge < -0.3 is 0 Å². The van der Waals surface area contributed by atoms with Crippen molar-refractivity contribution in [2.24, 2.45) is 0 Å². The smallest absolute Gasteiger partial charge is 0.207 e. The molecule has 1 N–H and O–H groups in total. The molecule has 6 heteroatoms. The van der Waals surface area contributed by atoms with Crippen LogP contribution in [0.1, 0.15) is 24.0 Å². The highest BCUT2D eigenvalue weighted by atomic mass is 32.2. The molecule has 0 saturated heterocycles. The lowest BCUT2D eigenvalue weighted by molar-refractivity contribution is 0.411. The lowest BCUT2D eigenvalue weighted by Gasteiger charge is -2.32. The summed E-state index contributed by atoms with van der Waals surface area (Å²) < 4.78 is 30.0. The van der Waals surface area contributed by atoms with E-state index in [2.05, 4.69) is 66.9 Å². The maximum Gasteiger partial charge on any atom is 0.241 e. The summed E-state index contributed by atoms with van der Waals surface area (Å²) in [5.41, 5.74) is 7.77. The molecule has 0 spiro atoms. The van der Waals surface area contributed by atoms with Gasteiger partial charge in [-0.1, -0.05) is 87.3 Å². The van der Waals surface area contributed by atoms with Crippen molar-refractivity contribution in [2.75, 3.05) is 0 Å². The van der Waals surface area contributed by atoms with Crippen LogP contribution in [0.2, 0.25) is 39.3 Å². The molecule has 0 fully saturated rings. The first-order valence-electron chi connectivity index (χ1n) is 10.9. The fourth-order valence-corrected chi connectivity index (χ4v) is 5.74. The van der Waals surface area contributed by atoms with Crippen LogP contribution in [-0.2, 0) is 15.6 Å². The van der Waals surface area contributed by atoms with Crippen LogP contribution in [0.5, 0.6) is 0 Å². The summed E-state index contributed by atoms with van der Waals surface area (Å²) in [6.07, 6.45) is 0.736. The first kappa shape index (κ1) is 26.2. The van der Waals surface area contributed by atoms with Crippen molar-refractivity contribution in [3.05, 3.63) is 65.7 Å². The number of rotatable bonds is 6. The quantitative estimate of drug-likeness (QED) is 0.424. The molecule has 0 atom stereocenters. The van der Waals surface area contributed by atoms with E-state index < -0.39 is 31.7 Å². The lowest BCUT2D eigenvalue weighted by Crippen LogP contribution is -2.45. The van der Waals surface area contributed by atoms with Gasteiger partial charge in [-0.2, -0.15) is 4.72 Å². The molecule has 0 saturated carbocycles. The Bertz CT molecular complexity index is 1100. The molecular formula is C26H35NO2SSi2. The van der Waals surface area contributed by atoms with E-state index in [9.17, 15) is 8.42 Å². The van der Waals surface area contributed by atoms with Crippen LogP contribution in [0.3, 0.4) is 0 Å². The standard InChI is InChI=1S/C26H35NO2SSi2/c1-23-15-17-25(18-16-23)30(28,29)27-26(19-11-21-31(2,3)4,20-12-22-32(5,6)7)24-13-9-8-10-14-24/h8-10,13-18,27H,19-20H2,1-7H3. The Labute approximate surface area is 197 Å². The molecule has 170 valence electrons. The van der Waals surface area contributed by atoms with Gasteiger partial charge in [0.05, 0.1) is 10.4 Å². The Morgan fingerprint density at radius 2 is 1.25 bits per heavy atom. The maximum absolute atomic E-state index is 13.5. The first-order chi connectivity index (χ1) is 14.7. The van der Waals surface area contributed by atoms with Gasteiger partial charge in [0.15, 0.2) is 0 Å². The Balaban J connectivity index is 2.63. The van der Waals surface area contributed by atoms with E-state index >= 15 is 0 Å². The second-order valence-corrected chi connectivity index (χ2v) is 21.5. The normalized spacial score (nSPS) is 12.3. The fraction of sp³-hybridized carbons (Fsp3) is 0.385.